The lowest BCUT2D eigenvalue weighted by molar-refractivity contribution is 1.26. The lowest BCUT2D eigenvalue weighted by atomic mass is 9.33. The minimum absolute atomic E-state index is 0.00557. The van der Waals surface area contributed by atoms with Gasteiger partial charge in [0.05, 0.1) is 0 Å². The van der Waals surface area contributed by atoms with Crippen molar-refractivity contribution in [1.82, 2.24) is 0 Å². The Labute approximate surface area is 388 Å². The Morgan fingerprint density at radius 1 is 0.269 bits per heavy atom. The number of hydrogen-bond acceptors (Lipinski definition) is 2. The van der Waals surface area contributed by atoms with E-state index in [0.29, 0.717) is 0 Å². The SMILES string of the molecule is Cc1ccc2cc3c(cc2c1)B1c2cc4cc(C)ccc4cc2N(c2ccc4c5ccccc5c5ccccc5c4c2)c2cccc(c21)N3c1ccc2c3ccccc3c3ccccc3c2c1. The Hall–Kier alpha value is -8.40. The van der Waals surface area contributed by atoms with E-state index in [-0.39, 0.29) is 6.71 Å². The van der Waals surface area contributed by atoms with E-state index in [1.54, 1.807) is 0 Å². The van der Waals surface area contributed by atoms with Gasteiger partial charge in [0.1, 0.15) is 0 Å². The molecule has 2 nitrogen and oxygen atoms in total. The first-order chi connectivity index (χ1) is 33.0. The molecule has 0 amide bonds. The molecule has 3 heteroatoms. The zero-order valence-corrected chi connectivity index (χ0v) is 37.2. The van der Waals surface area contributed by atoms with Crippen LogP contribution in [0.4, 0.5) is 34.1 Å². The topological polar surface area (TPSA) is 6.48 Å². The summed E-state index contributed by atoms with van der Waals surface area (Å²) in [4.78, 5) is 5.14. The number of benzene rings is 13. The lowest BCUT2D eigenvalue weighted by Crippen LogP contribution is -2.61. The van der Waals surface area contributed by atoms with Gasteiger partial charge >= 0.3 is 0 Å². The minimum atomic E-state index is -0.00557. The zero-order chi connectivity index (χ0) is 44.1. The first-order valence-electron chi connectivity index (χ1n) is 23.5. The predicted octanol–water partition coefficient (Wildman–Crippen LogP) is 15.6. The van der Waals surface area contributed by atoms with Crippen molar-refractivity contribution in [3.63, 3.8) is 0 Å². The van der Waals surface area contributed by atoms with E-state index < -0.39 is 0 Å². The van der Waals surface area contributed by atoms with Gasteiger partial charge in [-0.3, -0.25) is 0 Å². The highest BCUT2D eigenvalue weighted by Crippen LogP contribution is 2.48. The van der Waals surface area contributed by atoms with Gasteiger partial charge in [-0.1, -0.05) is 175 Å². The molecule has 2 aliphatic heterocycles. The fourth-order valence-electron chi connectivity index (χ4n) is 12.3. The standard InChI is InChI=1S/C64H41BN2/c1-38-22-24-40-34-62-58(32-42(40)30-38)65-59-33-43-31-39(2)23-25-41(43)35-63(59)67(45-27-29-55-51-17-6-4-13-47(51)49-15-8-10-19-53(49)57(55)37-45)61-21-11-20-60(64(61)65)66(62)44-26-28-54-50-16-5-3-12-46(50)48-14-7-9-18-52(48)56(54)36-44/h3-37H,1-2H3. The quantitative estimate of drug-likeness (QED) is 0.126. The molecule has 2 aliphatic rings. The van der Waals surface area contributed by atoms with Crippen molar-refractivity contribution >= 4 is 143 Å². The lowest BCUT2D eigenvalue weighted by Gasteiger charge is -2.44. The summed E-state index contributed by atoms with van der Waals surface area (Å²) in [5.74, 6) is 0. The molecule has 0 radical (unpaired) electrons. The fourth-order valence-corrected chi connectivity index (χ4v) is 12.3. The second-order valence-corrected chi connectivity index (χ2v) is 19.0. The van der Waals surface area contributed by atoms with Crippen molar-refractivity contribution in [2.45, 2.75) is 13.8 Å². The Bertz CT molecular complexity index is 3990. The largest absolute Gasteiger partial charge is 0.311 e. The van der Waals surface area contributed by atoms with E-state index in [9.17, 15) is 0 Å². The summed E-state index contributed by atoms with van der Waals surface area (Å²) in [7, 11) is 0. The molecule has 13 aromatic carbocycles. The van der Waals surface area contributed by atoms with Gasteiger partial charge < -0.3 is 9.80 Å². The first kappa shape index (κ1) is 36.9. The molecule has 15 rings (SSSR count). The van der Waals surface area contributed by atoms with Crippen LogP contribution in [0.25, 0.3) is 86.2 Å². The van der Waals surface area contributed by atoms with E-state index >= 15 is 0 Å². The maximum atomic E-state index is 2.57. The van der Waals surface area contributed by atoms with Crippen LogP contribution >= 0.6 is 0 Å². The number of nitrogens with zero attached hydrogens (tertiary/aromatic N) is 2. The van der Waals surface area contributed by atoms with Crippen LogP contribution in [-0.2, 0) is 0 Å². The van der Waals surface area contributed by atoms with Gasteiger partial charge in [0.15, 0.2) is 0 Å². The van der Waals surface area contributed by atoms with Crippen molar-refractivity contribution in [2.24, 2.45) is 0 Å². The van der Waals surface area contributed by atoms with Crippen molar-refractivity contribution in [2.75, 3.05) is 9.80 Å². The molecule has 310 valence electrons. The predicted molar refractivity (Wildman–Crippen MR) is 290 cm³/mol. The smallest absolute Gasteiger partial charge is 0.252 e. The summed E-state index contributed by atoms with van der Waals surface area (Å²) in [6, 6.07) is 80.7. The summed E-state index contributed by atoms with van der Waals surface area (Å²) in [6.07, 6.45) is 0. The summed E-state index contributed by atoms with van der Waals surface area (Å²) in [5.41, 5.74) is 13.7. The Morgan fingerprint density at radius 2 is 0.627 bits per heavy atom. The van der Waals surface area contributed by atoms with Crippen LogP contribution in [0.5, 0.6) is 0 Å². The van der Waals surface area contributed by atoms with E-state index in [0.717, 1.165) is 11.4 Å². The van der Waals surface area contributed by atoms with Gasteiger partial charge in [0.2, 0.25) is 0 Å². The number of fused-ring (bicyclic) bond motifs is 18. The fraction of sp³-hybridized carbons (Fsp3) is 0.0312. The number of rotatable bonds is 2. The normalized spacial score (nSPS) is 13.1. The van der Waals surface area contributed by atoms with Crippen molar-refractivity contribution in [3.05, 3.63) is 223 Å². The molecule has 0 aliphatic carbocycles. The van der Waals surface area contributed by atoms with Crippen molar-refractivity contribution < 1.29 is 0 Å². The average Bonchev–Trinajstić information content (AvgIpc) is 3.37. The monoisotopic (exact) mass is 848 g/mol. The summed E-state index contributed by atoms with van der Waals surface area (Å²) in [5, 5.41) is 20.4. The molecule has 0 aromatic heterocycles. The Balaban J connectivity index is 1.05. The summed E-state index contributed by atoms with van der Waals surface area (Å²) in [6.45, 7) is 4.41. The van der Waals surface area contributed by atoms with Gasteiger partial charge in [0, 0.05) is 34.1 Å². The summed E-state index contributed by atoms with van der Waals surface area (Å²) < 4.78 is 0. The van der Waals surface area contributed by atoms with Gasteiger partial charge in [-0.25, -0.2) is 0 Å². The second-order valence-electron chi connectivity index (χ2n) is 19.0. The third kappa shape index (κ3) is 5.17. The van der Waals surface area contributed by atoms with E-state index in [1.807, 2.05) is 0 Å². The molecule has 0 unspecified atom stereocenters. The van der Waals surface area contributed by atoms with Crippen molar-refractivity contribution in [1.29, 1.82) is 0 Å². The van der Waals surface area contributed by atoms with Crippen LogP contribution < -0.4 is 26.2 Å². The first-order valence-corrected chi connectivity index (χ1v) is 23.5. The number of aryl methyl sites for hydroxylation is 2. The van der Waals surface area contributed by atoms with Gasteiger partial charge in [-0.2, -0.15) is 0 Å². The molecule has 0 N–H and O–H groups in total. The van der Waals surface area contributed by atoms with Crippen LogP contribution in [0, 0.1) is 13.8 Å². The Morgan fingerprint density at radius 3 is 1.01 bits per heavy atom. The number of hydrogen-bond donors (Lipinski definition) is 0. The Kier molecular flexibility index (Phi) is 7.47. The van der Waals surface area contributed by atoms with Crippen molar-refractivity contribution in [3.8, 4) is 0 Å². The molecule has 67 heavy (non-hydrogen) atoms. The molecule has 13 aromatic rings. The maximum Gasteiger partial charge on any atom is 0.252 e. The molecular formula is C64H41BN2. The molecule has 0 spiro atoms. The molecular weight excluding hydrogens is 808 g/mol. The maximum absolute atomic E-state index is 2.57. The van der Waals surface area contributed by atoms with E-state index in [1.165, 1.54) is 136 Å². The summed E-state index contributed by atoms with van der Waals surface area (Å²) >= 11 is 0. The molecule has 0 atom stereocenters. The average molecular weight is 849 g/mol. The third-order valence-electron chi connectivity index (χ3n) is 15.2. The number of anilines is 6. The van der Waals surface area contributed by atoms with Crippen LogP contribution in [0.15, 0.2) is 212 Å². The van der Waals surface area contributed by atoms with E-state index in [2.05, 4.69) is 236 Å². The van der Waals surface area contributed by atoms with Gasteiger partial charge in [-0.15, -0.1) is 0 Å². The van der Waals surface area contributed by atoms with Gasteiger partial charge in [-0.05, 0) is 165 Å². The highest BCUT2D eigenvalue weighted by Gasteiger charge is 2.43. The van der Waals surface area contributed by atoms with Crippen LogP contribution in [0.3, 0.4) is 0 Å². The van der Waals surface area contributed by atoms with Crippen LogP contribution in [0.2, 0.25) is 0 Å². The molecule has 0 saturated heterocycles. The third-order valence-corrected chi connectivity index (χ3v) is 15.2. The highest BCUT2D eigenvalue weighted by molar-refractivity contribution is 7.00. The van der Waals surface area contributed by atoms with Crippen LogP contribution in [-0.4, -0.2) is 6.71 Å². The molecule has 2 heterocycles. The highest BCUT2D eigenvalue weighted by atomic mass is 15.2. The minimum Gasteiger partial charge on any atom is -0.311 e. The molecule has 0 bridgehead atoms. The van der Waals surface area contributed by atoms with E-state index in [4.69, 9.17) is 0 Å². The van der Waals surface area contributed by atoms with Crippen LogP contribution in [0.1, 0.15) is 11.1 Å². The molecule has 0 fully saturated rings. The second kappa shape index (κ2) is 13.6. The van der Waals surface area contributed by atoms with Gasteiger partial charge in [0.25, 0.3) is 6.71 Å². The zero-order valence-electron chi connectivity index (χ0n) is 37.2. The molecule has 0 saturated carbocycles.